The Balaban J connectivity index is 0. The Kier molecular flexibility index (Phi) is 22.8. The van der Waals surface area contributed by atoms with Crippen LogP contribution in [-0.4, -0.2) is 68.9 Å². The van der Waals surface area contributed by atoms with Crippen LogP contribution in [0.4, 0.5) is 0 Å². The molecule has 0 N–H and O–H groups in total. The second kappa shape index (κ2) is 9.23. The van der Waals surface area contributed by atoms with Gasteiger partial charge >= 0.3 is 98.8 Å². The number of rotatable bonds is 0. The van der Waals surface area contributed by atoms with Crippen LogP contribution >= 0.6 is 9.82 Å². The summed E-state index contributed by atoms with van der Waals surface area (Å²) in [6.45, 7) is 0. The van der Waals surface area contributed by atoms with Crippen LogP contribution in [-0.2, 0) is 20.1 Å². The minimum atomic E-state index is -1.20. The van der Waals surface area contributed by atoms with Gasteiger partial charge in [0, 0.05) is 0 Å². The summed E-state index contributed by atoms with van der Waals surface area (Å²) in [6.07, 6.45) is 0. The molecule has 0 saturated carbocycles. The van der Waals surface area contributed by atoms with Gasteiger partial charge in [0.2, 0.25) is 0 Å². The van der Waals surface area contributed by atoms with Gasteiger partial charge < -0.3 is 0 Å². The van der Waals surface area contributed by atoms with E-state index in [1.807, 2.05) is 0 Å². The van der Waals surface area contributed by atoms with Crippen LogP contribution in [0.1, 0.15) is 0 Å². The van der Waals surface area contributed by atoms with Gasteiger partial charge in [-0.2, -0.15) is 0 Å². The van der Waals surface area contributed by atoms with Gasteiger partial charge in [0.1, 0.15) is 0 Å². The van der Waals surface area contributed by atoms with E-state index in [9.17, 15) is 0 Å². The molecular weight excluding hydrogens is 277 g/mol. The van der Waals surface area contributed by atoms with Gasteiger partial charge in [-0.05, 0) is 0 Å². The summed E-state index contributed by atoms with van der Waals surface area (Å²) in [5.41, 5.74) is 0. The fraction of sp³-hybridized carbons (Fsp3) is 0. The Hall–Kier alpha value is 2.76. The molecule has 1 nitrogen and oxygen atoms in total. The second-order valence-corrected chi connectivity index (χ2v) is 1.21. The first-order valence-electron chi connectivity index (χ1n) is 0.333. The normalized spacial score (nSPS) is 3.00. The molecule has 0 unspecified atom stereocenters. The molecule has 0 aliphatic heterocycles. The van der Waals surface area contributed by atoms with Crippen LogP contribution in [0.3, 0.4) is 0 Å². The summed E-state index contributed by atoms with van der Waals surface area (Å²) in [6, 6.07) is 0. The van der Waals surface area contributed by atoms with E-state index in [1.54, 1.807) is 0 Å². The summed E-state index contributed by atoms with van der Waals surface area (Å²) in [7, 11) is 3.97. The summed E-state index contributed by atoms with van der Waals surface area (Å²) >= 11 is -1.20. The molecule has 0 amide bonds. The maximum atomic E-state index is 8.88. The Morgan fingerprint density at radius 3 is 1.75 bits per heavy atom. The van der Waals surface area contributed by atoms with E-state index in [2.05, 4.69) is 9.82 Å². The standard InChI is InChI=1S/Cs.Mo.O.S.H. The van der Waals surface area contributed by atoms with E-state index >= 15 is 0 Å². The van der Waals surface area contributed by atoms with Gasteiger partial charge in [-0.15, -0.1) is 0 Å². The molecule has 0 rings (SSSR count). The van der Waals surface area contributed by atoms with Crippen LogP contribution in [0, 0.1) is 0 Å². The molecule has 0 spiro atoms. The number of hydrogen-bond acceptors (Lipinski definition) is 2. The molecule has 0 aromatic rings. The topological polar surface area (TPSA) is 17.1 Å². The van der Waals surface area contributed by atoms with Gasteiger partial charge in [-0.1, -0.05) is 0 Å². The van der Waals surface area contributed by atoms with Crippen LogP contribution in [0.25, 0.3) is 0 Å². The van der Waals surface area contributed by atoms with Gasteiger partial charge in [0.25, 0.3) is 0 Å². The average Bonchev–Trinajstić information content (AvgIpc) is 0.918. The Morgan fingerprint density at radius 1 is 1.75 bits per heavy atom. The molecule has 20 valence electrons. The van der Waals surface area contributed by atoms with Crippen molar-refractivity contribution in [2.24, 2.45) is 0 Å². The van der Waals surface area contributed by atoms with Crippen molar-refractivity contribution in [1.82, 2.24) is 0 Å². The first kappa shape index (κ1) is 9.90. The Morgan fingerprint density at radius 2 is 1.75 bits per heavy atom. The van der Waals surface area contributed by atoms with E-state index in [0.29, 0.717) is 0 Å². The Bertz CT molecular complexity index is 29.0. The monoisotopic (exact) mass is 280 g/mol. The average molecular weight is 278 g/mol. The molecule has 4 heteroatoms. The summed E-state index contributed by atoms with van der Waals surface area (Å²) < 4.78 is 8.88. The fourth-order valence-electron chi connectivity index (χ4n) is 0. The first-order valence-corrected chi connectivity index (χ1v) is 3.94. The zero-order valence-electron chi connectivity index (χ0n) is 1.22. The van der Waals surface area contributed by atoms with E-state index in [0.717, 1.165) is 0 Å². The van der Waals surface area contributed by atoms with Gasteiger partial charge in [-0.3, -0.25) is 0 Å². The van der Waals surface area contributed by atoms with Gasteiger partial charge in [0.05, 0.1) is 0 Å². The molecule has 0 atom stereocenters. The fourth-order valence-corrected chi connectivity index (χ4v) is 0. The molecular formula is HCsMoOS. The molecule has 0 heterocycles. The third-order valence-corrected chi connectivity index (χ3v) is 0. The van der Waals surface area contributed by atoms with Crippen molar-refractivity contribution in [3.8, 4) is 0 Å². The molecule has 0 aromatic heterocycles. The van der Waals surface area contributed by atoms with Crippen LogP contribution in [0.5, 0.6) is 0 Å². The summed E-state index contributed by atoms with van der Waals surface area (Å²) in [5.74, 6) is 0. The van der Waals surface area contributed by atoms with E-state index in [-0.39, 0.29) is 68.9 Å². The van der Waals surface area contributed by atoms with E-state index < -0.39 is 16.7 Å². The zero-order chi connectivity index (χ0) is 2.71. The van der Waals surface area contributed by atoms with Crippen molar-refractivity contribution < 1.29 is 20.1 Å². The van der Waals surface area contributed by atoms with Crippen molar-refractivity contribution in [2.75, 3.05) is 0 Å². The van der Waals surface area contributed by atoms with Crippen molar-refractivity contribution in [2.45, 2.75) is 0 Å². The van der Waals surface area contributed by atoms with Crippen molar-refractivity contribution in [3.05, 3.63) is 0 Å². The first-order chi connectivity index (χ1) is 1.41. The molecule has 0 saturated heterocycles. The maximum absolute atomic E-state index is 8.88. The zero-order valence-corrected chi connectivity index (χ0v) is 4.05. The molecule has 4 heavy (non-hydrogen) atoms. The van der Waals surface area contributed by atoms with E-state index in [1.165, 1.54) is 0 Å². The van der Waals surface area contributed by atoms with Crippen LogP contribution < -0.4 is 0 Å². The van der Waals surface area contributed by atoms with E-state index in [4.69, 9.17) is 3.40 Å². The molecule has 0 aliphatic carbocycles. The number of hydrogen-bond donors (Lipinski definition) is 0. The third-order valence-electron chi connectivity index (χ3n) is 0. The molecule has 0 bridgehead atoms. The van der Waals surface area contributed by atoms with Crippen LogP contribution in [0.15, 0.2) is 0 Å². The van der Waals surface area contributed by atoms with Gasteiger partial charge in [-0.25, -0.2) is 0 Å². The van der Waals surface area contributed by atoms with Gasteiger partial charge in [0.15, 0.2) is 0 Å². The van der Waals surface area contributed by atoms with Crippen molar-refractivity contribution >= 4 is 78.7 Å². The molecule has 0 radical (unpaired) electrons. The third kappa shape index (κ3) is 8.83. The quantitative estimate of drug-likeness (QED) is 0.575. The summed E-state index contributed by atoms with van der Waals surface area (Å²) in [5, 5.41) is 0. The minimum absolute atomic E-state index is 0. The molecule has 0 fully saturated rings. The predicted molar refractivity (Wildman–Crippen MR) is 15.4 cm³/mol. The van der Waals surface area contributed by atoms with Crippen molar-refractivity contribution in [1.29, 1.82) is 0 Å². The predicted octanol–water partition coefficient (Wildman–Crippen LogP) is -0.122. The second-order valence-electron chi connectivity index (χ2n) is 0.0680. The SMILES string of the molecule is [CsH].[O]=[Mo]=[S]. The molecule has 0 aromatic carbocycles. The summed E-state index contributed by atoms with van der Waals surface area (Å²) in [4.78, 5) is 0. The van der Waals surface area contributed by atoms with Crippen molar-refractivity contribution in [3.63, 3.8) is 0 Å². The molecule has 0 aliphatic rings. The Labute approximate surface area is 95.6 Å². The van der Waals surface area contributed by atoms with Crippen LogP contribution in [0.2, 0.25) is 0 Å².